The number of aromatic nitrogens is 2. The van der Waals surface area contributed by atoms with E-state index >= 15 is 0 Å². The largest absolute Gasteiger partial charge is 0.481 e. The number of H-pyrrole nitrogens is 1. The van der Waals surface area contributed by atoms with Crippen LogP contribution in [0.4, 0.5) is 11.5 Å². The van der Waals surface area contributed by atoms with Gasteiger partial charge in [-0.3, -0.25) is 19.4 Å². The summed E-state index contributed by atoms with van der Waals surface area (Å²) in [6, 6.07) is 6.06. The van der Waals surface area contributed by atoms with Gasteiger partial charge < -0.3 is 16.2 Å². The summed E-state index contributed by atoms with van der Waals surface area (Å²) in [6.07, 6.45) is 0. The molecule has 0 aliphatic heterocycles. The van der Waals surface area contributed by atoms with Crippen LogP contribution in [0.2, 0.25) is 5.02 Å². The topological polar surface area (TPSA) is 138 Å². The third-order valence-electron chi connectivity index (χ3n) is 2.60. The van der Waals surface area contributed by atoms with Gasteiger partial charge >= 0.3 is 5.97 Å². The quantitative estimate of drug-likeness (QED) is 0.470. The number of halogens is 1. The van der Waals surface area contributed by atoms with Crippen LogP contribution in [-0.2, 0) is 4.79 Å². The number of carboxylic acid groups (broad SMARTS) is 1. The third kappa shape index (κ3) is 4.47. The number of thioether (sulfide) groups is 1. The molecule has 0 atom stereocenters. The van der Waals surface area contributed by atoms with Gasteiger partial charge in [-0.1, -0.05) is 23.4 Å². The lowest BCUT2D eigenvalue weighted by molar-refractivity contribution is -0.133. The Morgan fingerprint density at radius 3 is 2.57 bits per heavy atom. The van der Waals surface area contributed by atoms with Crippen LogP contribution in [0.1, 0.15) is 10.4 Å². The fourth-order valence-electron chi connectivity index (χ4n) is 1.58. The lowest BCUT2D eigenvalue weighted by Crippen LogP contribution is -2.23. The first-order valence-corrected chi connectivity index (χ1v) is 7.54. The molecule has 0 unspecified atom stereocenters. The Balaban J connectivity index is 2.20. The molecule has 8 nitrogen and oxygen atoms in total. The highest BCUT2D eigenvalue weighted by Gasteiger charge is 2.14. The van der Waals surface area contributed by atoms with Crippen molar-refractivity contribution in [3.05, 3.63) is 45.2 Å². The summed E-state index contributed by atoms with van der Waals surface area (Å²) in [5.74, 6) is -2.09. The molecule has 23 heavy (non-hydrogen) atoms. The standard InChI is InChI=1S/C13H11ClN4O4S/c14-7-3-1-6(2-4-7)11(21)16-9-10(15)17-13(18-12(9)22)23-5-8(19)20/h1-4H,5H2,(H,16,21)(H,19,20)(H3,15,17,18,22). The van der Waals surface area contributed by atoms with Crippen molar-refractivity contribution >= 4 is 46.7 Å². The molecule has 1 aromatic carbocycles. The van der Waals surface area contributed by atoms with Gasteiger partial charge in [0.2, 0.25) is 0 Å². The third-order valence-corrected chi connectivity index (χ3v) is 3.71. The summed E-state index contributed by atoms with van der Waals surface area (Å²) < 4.78 is 0. The summed E-state index contributed by atoms with van der Waals surface area (Å²) in [5.41, 5.74) is 5.06. The van der Waals surface area contributed by atoms with Gasteiger partial charge in [0.25, 0.3) is 11.5 Å². The van der Waals surface area contributed by atoms with Crippen LogP contribution in [0.3, 0.4) is 0 Å². The Morgan fingerprint density at radius 1 is 1.35 bits per heavy atom. The van der Waals surface area contributed by atoms with E-state index in [9.17, 15) is 14.4 Å². The Morgan fingerprint density at radius 2 is 2.00 bits per heavy atom. The number of aliphatic carboxylic acids is 1. The van der Waals surface area contributed by atoms with Crippen molar-refractivity contribution in [2.24, 2.45) is 0 Å². The fraction of sp³-hybridized carbons (Fsp3) is 0.0769. The van der Waals surface area contributed by atoms with Crippen molar-refractivity contribution in [1.29, 1.82) is 0 Å². The second kappa shape index (κ2) is 7.16. The maximum atomic E-state index is 12.1. The number of benzene rings is 1. The van der Waals surface area contributed by atoms with Gasteiger partial charge in [-0.25, -0.2) is 4.98 Å². The highest BCUT2D eigenvalue weighted by molar-refractivity contribution is 7.99. The van der Waals surface area contributed by atoms with E-state index in [1.165, 1.54) is 24.3 Å². The maximum absolute atomic E-state index is 12.1. The lowest BCUT2D eigenvalue weighted by atomic mass is 10.2. The van der Waals surface area contributed by atoms with Crippen LogP contribution in [0, 0.1) is 0 Å². The van der Waals surface area contributed by atoms with Crippen molar-refractivity contribution in [3.63, 3.8) is 0 Å². The number of carbonyl (C=O) groups excluding carboxylic acids is 1. The fourth-order valence-corrected chi connectivity index (χ4v) is 2.29. The van der Waals surface area contributed by atoms with Crippen LogP contribution in [0.5, 0.6) is 0 Å². The molecule has 0 radical (unpaired) electrons. The molecular formula is C13H11ClN4O4S. The van der Waals surface area contributed by atoms with Crippen LogP contribution >= 0.6 is 23.4 Å². The van der Waals surface area contributed by atoms with Gasteiger partial charge in [0.1, 0.15) is 5.69 Å². The summed E-state index contributed by atoms with van der Waals surface area (Å²) in [4.78, 5) is 40.7. The van der Waals surface area contributed by atoms with Crippen molar-refractivity contribution in [2.45, 2.75) is 5.16 Å². The highest BCUT2D eigenvalue weighted by Crippen LogP contribution is 2.17. The number of nitrogen functional groups attached to an aromatic ring is 1. The molecule has 0 saturated heterocycles. The predicted molar refractivity (Wildman–Crippen MR) is 87.0 cm³/mol. The molecule has 1 aromatic heterocycles. The second-order valence-corrected chi connectivity index (χ2v) is 5.68. The van der Waals surface area contributed by atoms with Gasteiger partial charge in [0, 0.05) is 10.6 Å². The van der Waals surface area contributed by atoms with Gasteiger partial charge in [-0.2, -0.15) is 0 Å². The van der Waals surface area contributed by atoms with Crippen molar-refractivity contribution in [3.8, 4) is 0 Å². The van der Waals surface area contributed by atoms with Gasteiger partial charge in [-0.05, 0) is 24.3 Å². The number of nitrogens with zero attached hydrogens (tertiary/aromatic N) is 1. The summed E-state index contributed by atoms with van der Waals surface area (Å²) in [5, 5.41) is 11.5. The van der Waals surface area contributed by atoms with E-state index in [4.69, 9.17) is 22.4 Å². The zero-order chi connectivity index (χ0) is 17.0. The van der Waals surface area contributed by atoms with Crippen molar-refractivity contribution < 1.29 is 14.7 Å². The molecule has 0 aliphatic carbocycles. The van der Waals surface area contributed by atoms with E-state index in [0.717, 1.165) is 11.8 Å². The van der Waals surface area contributed by atoms with Gasteiger partial charge in [-0.15, -0.1) is 0 Å². The molecule has 5 N–H and O–H groups in total. The average molecular weight is 355 g/mol. The van der Waals surface area contributed by atoms with Crippen LogP contribution in [-0.4, -0.2) is 32.7 Å². The van der Waals surface area contributed by atoms with Crippen molar-refractivity contribution in [1.82, 2.24) is 9.97 Å². The molecular weight excluding hydrogens is 344 g/mol. The van der Waals surface area contributed by atoms with Crippen LogP contribution < -0.4 is 16.6 Å². The molecule has 0 fully saturated rings. The summed E-state index contributed by atoms with van der Waals surface area (Å²) in [7, 11) is 0. The number of rotatable bonds is 5. The molecule has 10 heteroatoms. The van der Waals surface area contributed by atoms with Crippen molar-refractivity contribution in [2.75, 3.05) is 16.8 Å². The Kier molecular flexibility index (Phi) is 5.24. The summed E-state index contributed by atoms with van der Waals surface area (Å²) in [6.45, 7) is 0. The second-order valence-electron chi connectivity index (χ2n) is 4.27. The first-order valence-electron chi connectivity index (χ1n) is 6.18. The number of nitrogens with one attached hydrogen (secondary N) is 2. The Hall–Kier alpha value is -2.52. The minimum absolute atomic E-state index is 0.0550. The summed E-state index contributed by atoms with van der Waals surface area (Å²) >= 11 is 6.54. The minimum atomic E-state index is -1.06. The van der Waals surface area contributed by atoms with Gasteiger partial charge in [0.05, 0.1) is 5.75 Å². The van der Waals surface area contributed by atoms with E-state index in [1.807, 2.05) is 0 Å². The van der Waals surface area contributed by atoms with E-state index < -0.39 is 17.4 Å². The van der Waals surface area contributed by atoms with E-state index in [-0.39, 0.29) is 28.0 Å². The number of anilines is 2. The smallest absolute Gasteiger partial charge is 0.313 e. The van der Waals surface area contributed by atoms with Crippen LogP contribution in [0.25, 0.3) is 0 Å². The van der Waals surface area contributed by atoms with E-state index in [1.54, 1.807) is 0 Å². The van der Waals surface area contributed by atoms with Crippen LogP contribution in [0.15, 0.2) is 34.2 Å². The number of carboxylic acids is 1. The molecule has 0 spiro atoms. The molecule has 2 aromatic rings. The molecule has 1 amide bonds. The Bertz CT molecular complexity index is 807. The number of amides is 1. The first kappa shape index (κ1) is 16.8. The number of nitrogens with two attached hydrogens (primary N) is 1. The number of hydrogen-bond acceptors (Lipinski definition) is 6. The lowest BCUT2D eigenvalue weighted by Gasteiger charge is -2.08. The normalized spacial score (nSPS) is 10.3. The molecule has 0 aliphatic rings. The first-order chi connectivity index (χ1) is 10.9. The predicted octanol–water partition coefficient (Wildman–Crippen LogP) is 1.43. The molecule has 1 heterocycles. The Labute approximate surface area is 139 Å². The molecule has 120 valence electrons. The zero-order valence-corrected chi connectivity index (χ0v) is 13.1. The van der Waals surface area contributed by atoms with E-state index in [2.05, 4.69) is 15.3 Å². The molecule has 0 bridgehead atoms. The highest BCUT2D eigenvalue weighted by atomic mass is 35.5. The monoisotopic (exact) mass is 354 g/mol. The zero-order valence-electron chi connectivity index (χ0n) is 11.5. The minimum Gasteiger partial charge on any atom is -0.481 e. The average Bonchev–Trinajstić information content (AvgIpc) is 2.49. The van der Waals surface area contributed by atoms with E-state index in [0.29, 0.717) is 5.02 Å². The molecule has 0 saturated carbocycles. The van der Waals surface area contributed by atoms with Gasteiger partial charge in [0.15, 0.2) is 11.0 Å². The molecule has 2 rings (SSSR count). The number of aromatic amines is 1. The maximum Gasteiger partial charge on any atom is 0.313 e. The number of hydrogen-bond donors (Lipinski definition) is 4. The SMILES string of the molecule is Nc1nc(SCC(=O)O)[nH]c(=O)c1NC(=O)c1ccc(Cl)cc1. The number of carbonyl (C=O) groups is 2.